The van der Waals surface area contributed by atoms with Gasteiger partial charge in [-0.1, -0.05) is 48.5 Å². The Balaban J connectivity index is 1.41. The van der Waals surface area contributed by atoms with Gasteiger partial charge in [-0.2, -0.15) is 0 Å². The van der Waals surface area contributed by atoms with E-state index >= 15 is 0 Å². The predicted octanol–water partition coefficient (Wildman–Crippen LogP) is 4.58. The van der Waals surface area contributed by atoms with Crippen LogP contribution in [0.15, 0.2) is 72.8 Å². The fraction of sp³-hybridized carbons (Fsp3) is 0.250. The van der Waals surface area contributed by atoms with Crippen molar-refractivity contribution in [1.29, 1.82) is 0 Å². The van der Waals surface area contributed by atoms with Gasteiger partial charge in [-0.05, 0) is 53.9 Å². The summed E-state index contributed by atoms with van der Waals surface area (Å²) in [4.78, 5) is 0. The lowest BCUT2D eigenvalue weighted by molar-refractivity contribution is 0.314. The largest absolute Gasteiger partial charge is 0.493 e. The van der Waals surface area contributed by atoms with Crippen molar-refractivity contribution >= 4 is 0 Å². The van der Waals surface area contributed by atoms with Crippen LogP contribution in [0, 0.1) is 0 Å². The zero-order chi connectivity index (χ0) is 19.6. The van der Waals surface area contributed by atoms with E-state index in [1.54, 1.807) is 14.2 Å². The van der Waals surface area contributed by atoms with E-state index in [0.717, 1.165) is 36.8 Å². The number of hydrogen-bond donors (Lipinski definition) is 1. The molecule has 0 heterocycles. The minimum absolute atomic E-state index is 0.629. The number of ether oxygens (including phenoxy) is 3. The van der Waals surface area contributed by atoms with Crippen LogP contribution in [-0.2, 0) is 6.42 Å². The highest BCUT2D eigenvalue weighted by Gasteiger charge is 2.04. The minimum atomic E-state index is 0.629. The normalized spacial score (nSPS) is 10.5. The Morgan fingerprint density at radius 2 is 1.50 bits per heavy atom. The van der Waals surface area contributed by atoms with Gasteiger partial charge < -0.3 is 19.5 Å². The highest BCUT2D eigenvalue weighted by atomic mass is 16.5. The highest BCUT2D eigenvalue weighted by Crippen LogP contribution is 2.27. The zero-order valence-electron chi connectivity index (χ0n) is 16.5. The van der Waals surface area contributed by atoms with Crippen molar-refractivity contribution in [2.45, 2.75) is 6.42 Å². The molecule has 0 aliphatic heterocycles. The van der Waals surface area contributed by atoms with Gasteiger partial charge in [0.15, 0.2) is 11.5 Å². The minimum Gasteiger partial charge on any atom is -0.493 e. The summed E-state index contributed by atoms with van der Waals surface area (Å²) < 4.78 is 16.5. The fourth-order valence-corrected chi connectivity index (χ4v) is 3.03. The van der Waals surface area contributed by atoms with Crippen LogP contribution in [-0.4, -0.2) is 33.9 Å². The number of methoxy groups -OCH3 is 2. The van der Waals surface area contributed by atoms with Crippen molar-refractivity contribution in [2.75, 3.05) is 33.9 Å². The quantitative estimate of drug-likeness (QED) is 0.525. The first-order chi connectivity index (χ1) is 13.8. The Hall–Kier alpha value is -2.98. The summed E-state index contributed by atoms with van der Waals surface area (Å²) in [7, 11) is 3.30. The molecule has 0 unspecified atom stereocenters. The molecule has 28 heavy (non-hydrogen) atoms. The second kappa shape index (κ2) is 10.4. The summed E-state index contributed by atoms with van der Waals surface area (Å²) in [6.07, 6.45) is 0.920. The van der Waals surface area contributed by atoms with E-state index in [1.165, 1.54) is 16.7 Å². The maximum absolute atomic E-state index is 5.89. The van der Waals surface area contributed by atoms with Crippen molar-refractivity contribution in [2.24, 2.45) is 0 Å². The van der Waals surface area contributed by atoms with Crippen molar-refractivity contribution in [3.8, 4) is 28.4 Å². The van der Waals surface area contributed by atoms with E-state index in [9.17, 15) is 0 Å². The molecule has 1 N–H and O–H groups in total. The highest BCUT2D eigenvalue weighted by molar-refractivity contribution is 5.64. The first kappa shape index (κ1) is 19.8. The summed E-state index contributed by atoms with van der Waals surface area (Å²) in [6, 6.07) is 24.6. The Morgan fingerprint density at radius 1 is 0.714 bits per heavy atom. The molecule has 0 saturated carbocycles. The first-order valence-corrected chi connectivity index (χ1v) is 9.50. The van der Waals surface area contributed by atoms with Gasteiger partial charge in [0.05, 0.1) is 14.2 Å². The van der Waals surface area contributed by atoms with E-state index in [0.29, 0.717) is 6.61 Å². The van der Waals surface area contributed by atoms with Gasteiger partial charge in [0, 0.05) is 6.54 Å². The standard InChI is InChI=1S/C24H27NO3/c1-26-23-12-11-19(17-24(23)27-2)13-14-25-15-16-28-22-10-6-9-21(18-22)20-7-4-3-5-8-20/h3-12,17-18,25H,13-16H2,1-2H3. The van der Waals surface area contributed by atoms with Crippen LogP contribution >= 0.6 is 0 Å². The Bertz CT molecular complexity index is 865. The van der Waals surface area contributed by atoms with Crippen LogP contribution in [0.4, 0.5) is 0 Å². The number of nitrogens with one attached hydrogen (secondary N) is 1. The lowest BCUT2D eigenvalue weighted by Gasteiger charge is -2.11. The Labute approximate surface area is 167 Å². The third-order valence-electron chi connectivity index (χ3n) is 4.53. The molecule has 4 heteroatoms. The van der Waals surface area contributed by atoms with Crippen molar-refractivity contribution in [1.82, 2.24) is 5.32 Å². The van der Waals surface area contributed by atoms with Crippen LogP contribution in [0.25, 0.3) is 11.1 Å². The van der Waals surface area contributed by atoms with Crippen LogP contribution in [0.1, 0.15) is 5.56 Å². The van der Waals surface area contributed by atoms with E-state index in [-0.39, 0.29) is 0 Å². The number of rotatable bonds is 10. The first-order valence-electron chi connectivity index (χ1n) is 9.50. The molecule has 3 aromatic carbocycles. The van der Waals surface area contributed by atoms with Gasteiger partial charge in [0.25, 0.3) is 0 Å². The van der Waals surface area contributed by atoms with Gasteiger partial charge in [0.2, 0.25) is 0 Å². The van der Waals surface area contributed by atoms with Gasteiger partial charge in [-0.3, -0.25) is 0 Å². The molecule has 0 aliphatic rings. The summed E-state index contributed by atoms with van der Waals surface area (Å²) >= 11 is 0. The predicted molar refractivity (Wildman–Crippen MR) is 113 cm³/mol. The Kier molecular flexibility index (Phi) is 7.33. The second-order valence-corrected chi connectivity index (χ2v) is 6.43. The summed E-state index contributed by atoms with van der Waals surface area (Å²) in [5.41, 5.74) is 3.57. The molecule has 0 amide bonds. The zero-order valence-corrected chi connectivity index (χ0v) is 16.5. The number of benzene rings is 3. The molecule has 3 aromatic rings. The van der Waals surface area contributed by atoms with Crippen LogP contribution in [0.5, 0.6) is 17.2 Å². The summed E-state index contributed by atoms with van der Waals surface area (Å²) in [5.74, 6) is 2.41. The SMILES string of the molecule is COc1ccc(CCNCCOc2cccc(-c3ccccc3)c2)cc1OC. The van der Waals surface area contributed by atoms with Crippen LogP contribution in [0.3, 0.4) is 0 Å². The lowest BCUT2D eigenvalue weighted by Crippen LogP contribution is -2.23. The monoisotopic (exact) mass is 377 g/mol. The average molecular weight is 377 g/mol. The lowest BCUT2D eigenvalue weighted by atomic mass is 10.1. The molecule has 0 spiro atoms. The molecule has 0 aliphatic carbocycles. The topological polar surface area (TPSA) is 39.7 Å². The van der Waals surface area contributed by atoms with Crippen molar-refractivity contribution in [3.63, 3.8) is 0 Å². The molecule has 0 bridgehead atoms. The van der Waals surface area contributed by atoms with Crippen molar-refractivity contribution in [3.05, 3.63) is 78.4 Å². The molecule has 146 valence electrons. The molecular weight excluding hydrogens is 350 g/mol. The third kappa shape index (κ3) is 5.51. The molecule has 0 atom stereocenters. The van der Waals surface area contributed by atoms with E-state index in [2.05, 4.69) is 35.6 Å². The van der Waals surface area contributed by atoms with E-state index in [4.69, 9.17) is 14.2 Å². The number of hydrogen-bond acceptors (Lipinski definition) is 4. The smallest absolute Gasteiger partial charge is 0.160 e. The Morgan fingerprint density at radius 3 is 2.29 bits per heavy atom. The fourth-order valence-electron chi connectivity index (χ4n) is 3.03. The van der Waals surface area contributed by atoms with Crippen LogP contribution in [0.2, 0.25) is 0 Å². The molecule has 0 aromatic heterocycles. The van der Waals surface area contributed by atoms with Gasteiger partial charge in [-0.25, -0.2) is 0 Å². The molecule has 3 rings (SSSR count). The molecule has 0 fully saturated rings. The molecule has 0 saturated heterocycles. The third-order valence-corrected chi connectivity index (χ3v) is 4.53. The second-order valence-electron chi connectivity index (χ2n) is 6.43. The average Bonchev–Trinajstić information content (AvgIpc) is 2.76. The van der Waals surface area contributed by atoms with E-state index < -0.39 is 0 Å². The maximum atomic E-state index is 5.89. The summed E-state index contributed by atoms with van der Waals surface area (Å²) in [6.45, 7) is 2.30. The van der Waals surface area contributed by atoms with Crippen molar-refractivity contribution < 1.29 is 14.2 Å². The molecule has 4 nitrogen and oxygen atoms in total. The molecule has 0 radical (unpaired) electrons. The summed E-state index contributed by atoms with van der Waals surface area (Å²) in [5, 5.41) is 3.42. The van der Waals surface area contributed by atoms with Gasteiger partial charge >= 0.3 is 0 Å². The molecular formula is C24H27NO3. The van der Waals surface area contributed by atoms with Gasteiger partial charge in [-0.15, -0.1) is 0 Å². The van der Waals surface area contributed by atoms with Crippen LogP contribution < -0.4 is 19.5 Å². The van der Waals surface area contributed by atoms with E-state index in [1.807, 2.05) is 42.5 Å². The maximum Gasteiger partial charge on any atom is 0.160 e. The van der Waals surface area contributed by atoms with Gasteiger partial charge in [0.1, 0.15) is 12.4 Å².